The van der Waals surface area contributed by atoms with E-state index < -0.39 is 40.0 Å². The van der Waals surface area contributed by atoms with E-state index in [1.54, 1.807) is 18.2 Å². The van der Waals surface area contributed by atoms with Crippen LogP contribution in [0.5, 0.6) is 5.75 Å². The summed E-state index contributed by atoms with van der Waals surface area (Å²) in [7, 11) is -3.07. The van der Waals surface area contributed by atoms with Crippen molar-refractivity contribution in [3.63, 3.8) is 0 Å². The van der Waals surface area contributed by atoms with Crippen LogP contribution in [0.4, 0.5) is 16.2 Å². The SMILES string of the molecule is COC(=O)C(C)Oc1ccc(NC(=O)c2cc3cc(Cl)ccc3n2S(=O)(=O)c2ccccc2)c(NC(=O)c2nc3c(s2)CN(C(=O)O)CC3)c1. The van der Waals surface area contributed by atoms with Crippen LogP contribution in [0, 0.1) is 0 Å². The van der Waals surface area contributed by atoms with E-state index in [0.717, 1.165) is 15.3 Å². The Labute approximate surface area is 294 Å². The van der Waals surface area contributed by atoms with Crippen molar-refractivity contribution in [2.75, 3.05) is 24.3 Å². The first kappa shape index (κ1) is 34.4. The number of benzene rings is 3. The van der Waals surface area contributed by atoms with E-state index in [1.807, 2.05) is 0 Å². The number of carbonyl (C=O) groups excluding carboxylic acids is 3. The van der Waals surface area contributed by atoms with Gasteiger partial charge >= 0.3 is 12.1 Å². The maximum Gasteiger partial charge on any atom is 0.407 e. The van der Waals surface area contributed by atoms with Crippen molar-refractivity contribution in [1.82, 2.24) is 13.9 Å². The molecule has 0 aliphatic carbocycles. The number of anilines is 2. The highest BCUT2D eigenvalue weighted by Gasteiger charge is 2.29. The average Bonchev–Trinajstić information content (AvgIpc) is 3.71. The quantitative estimate of drug-likeness (QED) is 0.164. The van der Waals surface area contributed by atoms with Gasteiger partial charge in [0.15, 0.2) is 11.1 Å². The second kappa shape index (κ2) is 13.8. The van der Waals surface area contributed by atoms with Gasteiger partial charge < -0.3 is 30.1 Å². The highest BCUT2D eigenvalue weighted by atomic mass is 35.5. The number of rotatable bonds is 9. The number of methoxy groups -OCH3 is 1. The van der Waals surface area contributed by atoms with Crippen LogP contribution in [-0.2, 0) is 32.5 Å². The van der Waals surface area contributed by atoms with Crippen molar-refractivity contribution in [3.05, 3.63) is 99.1 Å². The molecular weight excluding hydrogens is 710 g/mol. The van der Waals surface area contributed by atoms with Crippen molar-refractivity contribution in [1.29, 1.82) is 0 Å². The fourth-order valence-corrected chi connectivity index (χ4v) is 8.05. The molecule has 258 valence electrons. The predicted octanol–water partition coefficient (Wildman–Crippen LogP) is 5.47. The van der Waals surface area contributed by atoms with Gasteiger partial charge in [0, 0.05) is 34.3 Å². The number of fused-ring (bicyclic) bond motifs is 2. The molecule has 17 heteroatoms. The molecule has 0 spiro atoms. The van der Waals surface area contributed by atoms with Gasteiger partial charge in [-0.2, -0.15) is 0 Å². The zero-order chi connectivity index (χ0) is 35.7. The highest BCUT2D eigenvalue weighted by molar-refractivity contribution is 7.90. The normalized spacial score (nSPS) is 13.3. The third-order valence-electron chi connectivity index (χ3n) is 7.76. The third-order valence-corrected chi connectivity index (χ3v) is 10.8. The van der Waals surface area contributed by atoms with Crippen LogP contribution >= 0.6 is 22.9 Å². The number of aromatic nitrogens is 2. The van der Waals surface area contributed by atoms with Crippen LogP contribution in [0.3, 0.4) is 0 Å². The molecule has 6 rings (SSSR count). The van der Waals surface area contributed by atoms with Crippen LogP contribution in [-0.4, -0.2) is 71.0 Å². The van der Waals surface area contributed by atoms with Crippen LogP contribution in [0.2, 0.25) is 5.02 Å². The number of thiazole rings is 1. The largest absolute Gasteiger partial charge is 0.479 e. The summed E-state index contributed by atoms with van der Waals surface area (Å²) in [6.07, 6.45) is -1.75. The Hall–Kier alpha value is -5.45. The first-order valence-corrected chi connectivity index (χ1v) is 17.6. The zero-order valence-electron chi connectivity index (χ0n) is 26.4. The molecule has 1 atom stereocenters. The Kier molecular flexibility index (Phi) is 9.51. The number of hydrogen-bond donors (Lipinski definition) is 3. The molecule has 0 saturated heterocycles. The van der Waals surface area contributed by atoms with Crippen molar-refractivity contribution < 1.29 is 42.2 Å². The summed E-state index contributed by atoms with van der Waals surface area (Å²) in [4.78, 5) is 57.2. The molecular formula is C33H28ClN5O9S2. The summed E-state index contributed by atoms with van der Waals surface area (Å²) in [6, 6.07) is 17.8. The maximum atomic E-state index is 14.0. The standard InChI is InChI=1S/C33H28ClN5O9S2/c1-18(32(42)47-2)48-21-9-10-23(25(16-21)36-30(41)31-37-24-12-13-38(33(43)44)17-28(24)49-31)35-29(40)27-15-19-14-20(34)8-11-26(19)39(27)50(45,46)22-6-4-3-5-7-22/h3-11,14-16,18H,12-13,17H2,1-2H3,(H,35,40)(H,36,41)(H,43,44). The summed E-state index contributed by atoms with van der Waals surface area (Å²) in [5, 5.41) is 15.6. The van der Waals surface area contributed by atoms with Gasteiger partial charge in [-0.25, -0.2) is 27.0 Å². The minimum Gasteiger partial charge on any atom is -0.479 e. The minimum absolute atomic E-state index is 0.0369. The fourth-order valence-electron chi connectivity index (χ4n) is 5.32. The van der Waals surface area contributed by atoms with E-state index in [2.05, 4.69) is 15.6 Å². The number of carbonyl (C=O) groups is 4. The van der Waals surface area contributed by atoms with Crippen LogP contribution in [0.15, 0.2) is 77.7 Å². The summed E-state index contributed by atoms with van der Waals surface area (Å²) in [5.41, 5.74) is 0.689. The Balaban J connectivity index is 1.37. The van der Waals surface area contributed by atoms with E-state index in [1.165, 1.54) is 73.5 Å². The molecule has 50 heavy (non-hydrogen) atoms. The molecule has 0 saturated carbocycles. The number of hydrogen-bond acceptors (Lipinski definition) is 10. The second-order valence-electron chi connectivity index (χ2n) is 11.1. The van der Waals surface area contributed by atoms with E-state index in [9.17, 15) is 32.7 Å². The molecule has 3 amide bonds. The highest BCUT2D eigenvalue weighted by Crippen LogP contribution is 2.33. The lowest BCUT2D eigenvalue weighted by Gasteiger charge is -2.22. The summed E-state index contributed by atoms with van der Waals surface area (Å²) >= 11 is 7.24. The number of nitrogens with zero attached hydrogens (tertiary/aromatic N) is 3. The smallest absolute Gasteiger partial charge is 0.407 e. The fraction of sp³-hybridized carbons (Fsp3) is 0.182. The number of carboxylic acid groups (broad SMARTS) is 1. The Morgan fingerprint density at radius 2 is 1.72 bits per heavy atom. The predicted molar refractivity (Wildman–Crippen MR) is 185 cm³/mol. The van der Waals surface area contributed by atoms with Gasteiger partial charge in [0.05, 0.1) is 41.1 Å². The van der Waals surface area contributed by atoms with Gasteiger partial charge in [0.1, 0.15) is 11.4 Å². The number of nitrogens with one attached hydrogen (secondary N) is 2. The maximum absolute atomic E-state index is 14.0. The molecule has 3 aromatic carbocycles. The van der Waals surface area contributed by atoms with Gasteiger partial charge in [0.2, 0.25) is 0 Å². The number of esters is 1. The van der Waals surface area contributed by atoms with Gasteiger partial charge in [0.25, 0.3) is 21.8 Å². The molecule has 1 unspecified atom stereocenters. The van der Waals surface area contributed by atoms with E-state index in [4.69, 9.17) is 21.1 Å². The van der Waals surface area contributed by atoms with Gasteiger partial charge in [-0.05, 0) is 55.5 Å². The molecule has 2 aromatic heterocycles. The van der Waals surface area contributed by atoms with Crippen molar-refractivity contribution >= 4 is 79.1 Å². The number of amides is 3. The molecule has 1 aliphatic rings. The molecule has 14 nitrogen and oxygen atoms in total. The lowest BCUT2D eigenvalue weighted by Crippen LogP contribution is -2.34. The minimum atomic E-state index is -4.28. The Bertz CT molecular complexity index is 2270. The summed E-state index contributed by atoms with van der Waals surface area (Å²) in [5.74, 6) is -2.00. The van der Waals surface area contributed by atoms with Crippen molar-refractivity contribution in [3.8, 4) is 5.75 Å². The average molecular weight is 738 g/mol. The van der Waals surface area contributed by atoms with E-state index in [-0.39, 0.29) is 51.3 Å². The molecule has 5 aromatic rings. The van der Waals surface area contributed by atoms with Gasteiger partial charge in [-0.3, -0.25) is 9.59 Å². The van der Waals surface area contributed by atoms with Gasteiger partial charge in [-0.15, -0.1) is 11.3 Å². The van der Waals surface area contributed by atoms with Gasteiger partial charge in [-0.1, -0.05) is 29.8 Å². The first-order chi connectivity index (χ1) is 23.8. The third kappa shape index (κ3) is 6.85. The van der Waals surface area contributed by atoms with E-state index >= 15 is 0 Å². The number of halogens is 1. The molecule has 0 radical (unpaired) electrons. The van der Waals surface area contributed by atoms with E-state index in [0.29, 0.717) is 27.4 Å². The summed E-state index contributed by atoms with van der Waals surface area (Å²) in [6.45, 7) is 1.80. The van der Waals surface area contributed by atoms with Crippen molar-refractivity contribution in [2.24, 2.45) is 0 Å². The van der Waals surface area contributed by atoms with Crippen LogP contribution in [0.1, 0.15) is 37.8 Å². The summed E-state index contributed by atoms with van der Waals surface area (Å²) < 4.78 is 39.2. The Morgan fingerprint density at radius 3 is 2.44 bits per heavy atom. The lowest BCUT2D eigenvalue weighted by molar-refractivity contribution is -0.147. The molecule has 0 bridgehead atoms. The Morgan fingerprint density at radius 1 is 0.980 bits per heavy atom. The second-order valence-corrected chi connectivity index (χ2v) is 14.4. The first-order valence-electron chi connectivity index (χ1n) is 14.9. The monoisotopic (exact) mass is 737 g/mol. The topological polar surface area (TPSA) is 186 Å². The van der Waals surface area contributed by atoms with Crippen LogP contribution in [0.25, 0.3) is 10.9 Å². The zero-order valence-corrected chi connectivity index (χ0v) is 28.8. The number of ether oxygens (including phenoxy) is 2. The molecule has 0 fully saturated rings. The molecule has 3 N–H and O–H groups in total. The van der Waals surface area contributed by atoms with Crippen molar-refractivity contribution in [2.45, 2.75) is 30.9 Å². The molecule has 1 aliphatic heterocycles. The van der Waals surface area contributed by atoms with Crippen LogP contribution < -0.4 is 15.4 Å². The molecule has 3 heterocycles. The lowest BCUT2D eigenvalue weighted by atomic mass is 10.2.